The molecule has 0 bridgehead atoms. The van der Waals surface area contributed by atoms with E-state index in [0.717, 1.165) is 0 Å². The van der Waals surface area contributed by atoms with Crippen LogP contribution in [0.1, 0.15) is 19.4 Å². The molecule has 5 heteroatoms. The zero-order valence-electron chi connectivity index (χ0n) is 10.6. The van der Waals surface area contributed by atoms with Gasteiger partial charge >= 0.3 is 6.03 Å². The van der Waals surface area contributed by atoms with Crippen LogP contribution < -0.4 is 5.32 Å². The lowest BCUT2D eigenvalue weighted by molar-refractivity contribution is 0.172. The number of amides is 2. The molecule has 0 heterocycles. The molecule has 0 radical (unpaired) electrons. The molecule has 1 rings (SSSR count). The Balaban J connectivity index is 2.70. The van der Waals surface area contributed by atoms with Crippen molar-refractivity contribution in [2.24, 2.45) is 0 Å². The van der Waals surface area contributed by atoms with E-state index in [1.165, 1.54) is 4.90 Å². The number of nitriles is 1. The molecule has 0 aliphatic heterocycles. The summed E-state index contributed by atoms with van der Waals surface area (Å²) in [5, 5.41) is 20.3. The minimum Gasteiger partial charge on any atom is -0.395 e. The monoisotopic (exact) mass is 247 g/mol. The number of carbonyl (C=O) groups excluding carboxylic acids is 1. The van der Waals surface area contributed by atoms with Crippen molar-refractivity contribution in [3.63, 3.8) is 0 Å². The third-order valence-electron chi connectivity index (χ3n) is 2.49. The second-order valence-corrected chi connectivity index (χ2v) is 4.13. The van der Waals surface area contributed by atoms with E-state index in [4.69, 9.17) is 10.4 Å². The number of hydrogen-bond donors (Lipinski definition) is 2. The van der Waals surface area contributed by atoms with Crippen molar-refractivity contribution in [2.75, 3.05) is 18.5 Å². The van der Waals surface area contributed by atoms with Gasteiger partial charge in [-0.25, -0.2) is 4.79 Å². The van der Waals surface area contributed by atoms with Gasteiger partial charge in [0.1, 0.15) is 0 Å². The van der Waals surface area contributed by atoms with E-state index in [1.54, 1.807) is 24.3 Å². The molecular formula is C13H17N3O2. The Morgan fingerprint density at radius 2 is 2.06 bits per heavy atom. The number of urea groups is 1. The molecule has 2 amide bonds. The number of nitrogens with one attached hydrogen (secondary N) is 1. The van der Waals surface area contributed by atoms with Crippen LogP contribution >= 0.6 is 0 Å². The molecule has 5 nitrogen and oxygen atoms in total. The fraction of sp³-hybridized carbons (Fsp3) is 0.385. The number of hydrogen-bond acceptors (Lipinski definition) is 3. The lowest BCUT2D eigenvalue weighted by Gasteiger charge is -2.26. The summed E-state index contributed by atoms with van der Waals surface area (Å²) in [6, 6.07) is 8.39. The fourth-order valence-electron chi connectivity index (χ4n) is 1.53. The summed E-state index contributed by atoms with van der Waals surface area (Å²) in [5.41, 5.74) is 1.17. The largest absolute Gasteiger partial charge is 0.395 e. The maximum Gasteiger partial charge on any atom is 0.322 e. The van der Waals surface area contributed by atoms with Crippen LogP contribution in [0.3, 0.4) is 0 Å². The molecule has 0 aliphatic carbocycles. The van der Waals surface area contributed by atoms with E-state index < -0.39 is 0 Å². The third kappa shape index (κ3) is 3.75. The van der Waals surface area contributed by atoms with Gasteiger partial charge in [0.05, 0.1) is 18.2 Å². The van der Waals surface area contributed by atoms with Crippen LogP contribution in [-0.2, 0) is 0 Å². The lowest BCUT2D eigenvalue weighted by Crippen LogP contribution is -2.41. The van der Waals surface area contributed by atoms with Crippen molar-refractivity contribution in [1.29, 1.82) is 5.26 Å². The minimum absolute atomic E-state index is 0.00975. The second kappa shape index (κ2) is 6.62. The highest BCUT2D eigenvalue weighted by molar-refractivity contribution is 5.89. The highest BCUT2D eigenvalue weighted by atomic mass is 16.3. The molecule has 18 heavy (non-hydrogen) atoms. The fourth-order valence-corrected chi connectivity index (χ4v) is 1.53. The summed E-state index contributed by atoms with van der Waals surface area (Å²) in [7, 11) is 0. The van der Waals surface area contributed by atoms with E-state index in [-0.39, 0.29) is 18.7 Å². The molecule has 1 aromatic rings. The highest BCUT2D eigenvalue weighted by Gasteiger charge is 2.15. The van der Waals surface area contributed by atoms with Crippen molar-refractivity contribution in [3.8, 4) is 6.07 Å². The summed E-state index contributed by atoms with van der Waals surface area (Å²) in [4.78, 5) is 13.5. The van der Waals surface area contributed by atoms with Crippen LogP contribution in [-0.4, -0.2) is 35.2 Å². The van der Waals surface area contributed by atoms with Crippen LogP contribution in [0, 0.1) is 11.3 Å². The first-order valence-corrected chi connectivity index (χ1v) is 5.77. The van der Waals surface area contributed by atoms with Gasteiger partial charge in [-0.05, 0) is 38.1 Å². The number of nitrogens with zero attached hydrogens (tertiary/aromatic N) is 2. The van der Waals surface area contributed by atoms with Gasteiger partial charge in [0, 0.05) is 18.3 Å². The standard InChI is InChI=1S/C13H17N3O2/c1-10(2)16(7-8-17)13(18)15-12-5-3-11(9-14)4-6-12/h3-6,10,17H,7-8H2,1-2H3,(H,15,18). The van der Waals surface area contributed by atoms with Crippen LogP contribution in [0.5, 0.6) is 0 Å². The number of aliphatic hydroxyl groups excluding tert-OH is 1. The Bertz CT molecular complexity index is 435. The summed E-state index contributed by atoms with van der Waals surface area (Å²) in [6.45, 7) is 3.99. The number of benzene rings is 1. The average molecular weight is 247 g/mol. The Morgan fingerprint density at radius 1 is 1.44 bits per heavy atom. The summed E-state index contributed by atoms with van der Waals surface area (Å²) in [6.07, 6.45) is 0. The van der Waals surface area contributed by atoms with E-state index in [1.807, 2.05) is 19.9 Å². The van der Waals surface area contributed by atoms with Crippen molar-refractivity contribution in [3.05, 3.63) is 29.8 Å². The Labute approximate surface area is 107 Å². The minimum atomic E-state index is -0.260. The van der Waals surface area contributed by atoms with E-state index in [9.17, 15) is 4.79 Å². The van der Waals surface area contributed by atoms with E-state index in [0.29, 0.717) is 17.8 Å². The molecule has 0 spiro atoms. The first kappa shape index (κ1) is 14.0. The number of rotatable bonds is 4. The molecule has 2 N–H and O–H groups in total. The molecule has 0 aromatic heterocycles. The predicted molar refractivity (Wildman–Crippen MR) is 69.1 cm³/mol. The van der Waals surface area contributed by atoms with E-state index in [2.05, 4.69) is 5.32 Å². The summed E-state index contributed by atoms with van der Waals surface area (Å²) >= 11 is 0. The zero-order valence-corrected chi connectivity index (χ0v) is 10.6. The molecule has 0 unspecified atom stereocenters. The number of anilines is 1. The van der Waals surface area contributed by atoms with Gasteiger partial charge in [-0.2, -0.15) is 5.26 Å². The lowest BCUT2D eigenvalue weighted by atomic mass is 10.2. The Kier molecular flexibility index (Phi) is 5.15. The van der Waals surface area contributed by atoms with Crippen LogP contribution in [0.15, 0.2) is 24.3 Å². The van der Waals surface area contributed by atoms with Gasteiger partial charge < -0.3 is 15.3 Å². The first-order chi connectivity index (χ1) is 8.58. The van der Waals surface area contributed by atoms with Gasteiger partial charge in [0.15, 0.2) is 0 Å². The molecule has 0 atom stereocenters. The molecule has 1 aromatic carbocycles. The van der Waals surface area contributed by atoms with Crippen molar-refractivity contribution in [1.82, 2.24) is 4.90 Å². The van der Waals surface area contributed by atoms with Crippen molar-refractivity contribution >= 4 is 11.7 Å². The summed E-state index contributed by atoms with van der Waals surface area (Å²) < 4.78 is 0. The molecule has 96 valence electrons. The van der Waals surface area contributed by atoms with Gasteiger partial charge in [-0.3, -0.25) is 0 Å². The molecular weight excluding hydrogens is 230 g/mol. The van der Waals surface area contributed by atoms with E-state index >= 15 is 0 Å². The van der Waals surface area contributed by atoms with Gasteiger partial charge in [-0.1, -0.05) is 0 Å². The SMILES string of the molecule is CC(C)N(CCO)C(=O)Nc1ccc(C#N)cc1. The average Bonchev–Trinajstić information content (AvgIpc) is 2.36. The topological polar surface area (TPSA) is 76.4 Å². The maximum absolute atomic E-state index is 11.9. The zero-order chi connectivity index (χ0) is 13.5. The quantitative estimate of drug-likeness (QED) is 0.851. The second-order valence-electron chi connectivity index (χ2n) is 4.13. The molecule has 0 saturated heterocycles. The molecule has 0 fully saturated rings. The van der Waals surface area contributed by atoms with Gasteiger partial charge in [-0.15, -0.1) is 0 Å². The van der Waals surface area contributed by atoms with Crippen LogP contribution in [0.2, 0.25) is 0 Å². The summed E-state index contributed by atoms with van der Waals surface area (Å²) in [5.74, 6) is 0. The third-order valence-corrected chi connectivity index (χ3v) is 2.49. The van der Waals surface area contributed by atoms with Crippen LogP contribution in [0.4, 0.5) is 10.5 Å². The van der Waals surface area contributed by atoms with Gasteiger partial charge in [0.2, 0.25) is 0 Å². The Morgan fingerprint density at radius 3 is 2.50 bits per heavy atom. The van der Waals surface area contributed by atoms with Crippen molar-refractivity contribution < 1.29 is 9.90 Å². The molecule has 0 saturated carbocycles. The smallest absolute Gasteiger partial charge is 0.322 e. The first-order valence-electron chi connectivity index (χ1n) is 5.77. The van der Waals surface area contributed by atoms with Gasteiger partial charge in [0.25, 0.3) is 0 Å². The maximum atomic E-state index is 11.9. The molecule has 0 aliphatic rings. The number of aliphatic hydroxyl groups is 1. The highest BCUT2D eigenvalue weighted by Crippen LogP contribution is 2.10. The Hall–Kier alpha value is -2.06. The van der Waals surface area contributed by atoms with Crippen molar-refractivity contribution in [2.45, 2.75) is 19.9 Å². The normalized spacial score (nSPS) is 9.94. The predicted octanol–water partition coefficient (Wildman–Crippen LogP) is 1.79. The van der Waals surface area contributed by atoms with Crippen LogP contribution in [0.25, 0.3) is 0 Å². The number of carbonyl (C=O) groups is 1.